The molecule has 3 aromatic rings. The Morgan fingerprint density at radius 1 is 1.15 bits per heavy atom. The summed E-state index contributed by atoms with van der Waals surface area (Å²) >= 11 is 9.14. The standard InChI is InChI=1S/C16H12BrClN4O4S/c17-15-10-21(9-11-1-3-12(18)4-2-11)19-16(15)20-27(25,26)14-7-5-13(6-8-14)22(23)24/h1-8,10H,9H2,(H,19,20). The van der Waals surface area contributed by atoms with Gasteiger partial charge in [-0.2, -0.15) is 5.10 Å². The zero-order valence-electron chi connectivity index (χ0n) is 13.5. The summed E-state index contributed by atoms with van der Waals surface area (Å²) in [5, 5.41) is 15.5. The Labute approximate surface area is 168 Å². The average Bonchev–Trinajstić information content (AvgIpc) is 2.95. The molecule has 0 saturated heterocycles. The zero-order chi connectivity index (χ0) is 19.6. The number of hydrogen-bond donors (Lipinski definition) is 1. The molecular formula is C16H12BrClN4O4S. The Bertz CT molecular complexity index is 1080. The van der Waals surface area contributed by atoms with Gasteiger partial charge in [0.1, 0.15) is 0 Å². The maximum atomic E-state index is 12.5. The fourth-order valence-electron chi connectivity index (χ4n) is 2.26. The van der Waals surface area contributed by atoms with Gasteiger partial charge in [0.05, 0.1) is 20.8 Å². The SMILES string of the molecule is O=[N+]([O-])c1ccc(S(=O)(=O)Nc2nn(Cc3ccc(Cl)cc3)cc2Br)cc1. The number of halogens is 2. The van der Waals surface area contributed by atoms with Gasteiger partial charge in [0.2, 0.25) is 0 Å². The van der Waals surface area contributed by atoms with Gasteiger partial charge in [-0.3, -0.25) is 19.5 Å². The van der Waals surface area contributed by atoms with Gasteiger partial charge in [-0.05, 0) is 45.8 Å². The average molecular weight is 472 g/mol. The molecule has 0 radical (unpaired) electrons. The Morgan fingerprint density at radius 3 is 2.37 bits per heavy atom. The lowest BCUT2D eigenvalue weighted by Crippen LogP contribution is -2.14. The number of nitro benzene ring substituents is 1. The summed E-state index contributed by atoms with van der Waals surface area (Å²) in [7, 11) is -3.94. The molecule has 0 aliphatic heterocycles. The van der Waals surface area contributed by atoms with Crippen LogP contribution in [0.5, 0.6) is 0 Å². The fourth-order valence-corrected chi connectivity index (χ4v) is 3.95. The molecule has 0 aliphatic rings. The highest BCUT2D eigenvalue weighted by Crippen LogP contribution is 2.25. The van der Waals surface area contributed by atoms with Crippen LogP contribution in [-0.2, 0) is 16.6 Å². The highest BCUT2D eigenvalue weighted by molar-refractivity contribution is 9.10. The minimum absolute atomic E-state index is 0.104. The molecule has 0 unspecified atom stereocenters. The van der Waals surface area contributed by atoms with Crippen molar-refractivity contribution in [1.82, 2.24) is 9.78 Å². The lowest BCUT2D eigenvalue weighted by molar-refractivity contribution is -0.384. The number of nitrogens with zero attached hydrogens (tertiary/aromatic N) is 3. The van der Waals surface area contributed by atoms with Crippen molar-refractivity contribution in [3.8, 4) is 0 Å². The van der Waals surface area contributed by atoms with E-state index in [4.69, 9.17) is 11.6 Å². The third-order valence-corrected chi connectivity index (χ3v) is 5.75. The van der Waals surface area contributed by atoms with Gasteiger partial charge >= 0.3 is 0 Å². The van der Waals surface area contributed by atoms with Crippen LogP contribution in [0.25, 0.3) is 0 Å². The maximum absolute atomic E-state index is 12.5. The van der Waals surface area contributed by atoms with Crippen LogP contribution in [0.1, 0.15) is 5.56 Å². The Balaban J connectivity index is 1.79. The van der Waals surface area contributed by atoms with Crippen LogP contribution in [-0.4, -0.2) is 23.1 Å². The summed E-state index contributed by atoms with van der Waals surface area (Å²) in [6.07, 6.45) is 1.64. The second-order valence-corrected chi connectivity index (χ2v) is 8.48. The van der Waals surface area contributed by atoms with E-state index in [1.807, 2.05) is 12.1 Å². The second-order valence-electron chi connectivity index (χ2n) is 5.51. The molecule has 27 heavy (non-hydrogen) atoms. The molecule has 0 saturated carbocycles. The molecule has 1 heterocycles. The highest BCUT2D eigenvalue weighted by atomic mass is 79.9. The van der Waals surface area contributed by atoms with E-state index in [2.05, 4.69) is 25.8 Å². The molecule has 0 spiro atoms. The van der Waals surface area contributed by atoms with Crippen LogP contribution in [0.4, 0.5) is 11.5 Å². The van der Waals surface area contributed by atoms with Crippen LogP contribution >= 0.6 is 27.5 Å². The number of rotatable bonds is 6. The van der Waals surface area contributed by atoms with Crippen molar-refractivity contribution < 1.29 is 13.3 Å². The minimum Gasteiger partial charge on any atom is -0.265 e. The van der Waals surface area contributed by atoms with Crippen LogP contribution in [0.15, 0.2) is 64.1 Å². The molecule has 1 aromatic heterocycles. The smallest absolute Gasteiger partial charge is 0.265 e. The molecule has 8 nitrogen and oxygen atoms in total. The van der Waals surface area contributed by atoms with Crippen molar-refractivity contribution in [2.45, 2.75) is 11.4 Å². The first-order valence-corrected chi connectivity index (χ1v) is 10.1. The topological polar surface area (TPSA) is 107 Å². The number of non-ortho nitro benzene ring substituents is 1. The summed E-state index contributed by atoms with van der Waals surface area (Å²) in [5.41, 5.74) is 0.751. The summed E-state index contributed by atoms with van der Waals surface area (Å²) in [6, 6.07) is 11.8. The van der Waals surface area contributed by atoms with Crippen molar-refractivity contribution in [2.75, 3.05) is 4.72 Å². The number of benzene rings is 2. The van der Waals surface area contributed by atoms with Crippen LogP contribution in [0, 0.1) is 10.1 Å². The van der Waals surface area contributed by atoms with Gasteiger partial charge in [-0.25, -0.2) is 8.42 Å². The quantitative estimate of drug-likeness (QED) is 0.431. The fraction of sp³-hybridized carbons (Fsp3) is 0.0625. The van der Waals surface area contributed by atoms with Crippen LogP contribution in [0.2, 0.25) is 5.02 Å². The first-order valence-electron chi connectivity index (χ1n) is 7.49. The zero-order valence-corrected chi connectivity index (χ0v) is 16.7. The van der Waals surface area contributed by atoms with E-state index in [1.165, 1.54) is 12.1 Å². The van der Waals surface area contributed by atoms with Crippen molar-refractivity contribution in [3.05, 3.63) is 79.9 Å². The van der Waals surface area contributed by atoms with E-state index < -0.39 is 14.9 Å². The number of anilines is 1. The number of nitro groups is 1. The van der Waals surface area contributed by atoms with Gasteiger partial charge in [-0.1, -0.05) is 23.7 Å². The molecule has 140 valence electrons. The molecule has 11 heteroatoms. The molecule has 1 N–H and O–H groups in total. The van der Waals surface area contributed by atoms with Gasteiger partial charge < -0.3 is 0 Å². The first kappa shape index (κ1) is 19.3. The first-order chi connectivity index (χ1) is 12.7. The van der Waals surface area contributed by atoms with Crippen molar-refractivity contribution in [3.63, 3.8) is 0 Å². The highest BCUT2D eigenvalue weighted by Gasteiger charge is 2.19. The van der Waals surface area contributed by atoms with Gasteiger partial charge in [0.25, 0.3) is 15.7 Å². The van der Waals surface area contributed by atoms with Gasteiger partial charge in [0, 0.05) is 23.4 Å². The second kappa shape index (κ2) is 7.67. The lowest BCUT2D eigenvalue weighted by atomic mass is 10.2. The summed E-state index contributed by atoms with van der Waals surface area (Å²) in [4.78, 5) is 9.98. The van der Waals surface area contributed by atoms with Crippen molar-refractivity contribution >= 4 is 49.1 Å². The normalized spacial score (nSPS) is 11.3. The van der Waals surface area contributed by atoms with Crippen molar-refractivity contribution in [1.29, 1.82) is 0 Å². The molecule has 0 amide bonds. The molecule has 3 rings (SSSR count). The molecular weight excluding hydrogens is 460 g/mol. The summed E-state index contributed by atoms with van der Waals surface area (Å²) < 4.78 is 29.3. The minimum atomic E-state index is -3.94. The Morgan fingerprint density at radius 2 is 1.78 bits per heavy atom. The number of aromatic nitrogens is 2. The summed E-state index contributed by atoms with van der Waals surface area (Å²) in [6.45, 7) is 0.426. The predicted molar refractivity (Wildman–Crippen MR) is 104 cm³/mol. The van der Waals surface area contributed by atoms with E-state index in [0.29, 0.717) is 16.0 Å². The number of nitrogens with one attached hydrogen (secondary N) is 1. The Kier molecular flexibility index (Phi) is 5.49. The molecule has 0 fully saturated rings. The summed E-state index contributed by atoms with van der Waals surface area (Å²) in [5.74, 6) is 0.113. The van der Waals surface area contributed by atoms with Crippen LogP contribution < -0.4 is 4.72 Å². The van der Waals surface area contributed by atoms with Gasteiger partial charge in [0.15, 0.2) is 5.82 Å². The van der Waals surface area contributed by atoms with Crippen molar-refractivity contribution in [2.24, 2.45) is 0 Å². The monoisotopic (exact) mass is 470 g/mol. The van der Waals surface area contributed by atoms with E-state index >= 15 is 0 Å². The molecule has 0 bridgehead atoms. The molecule has 2 aromatic carbocycles. The molecule has 0 atom stereocenters. The Hall–Kier alpha value is -2.43. The molecule has 0 aliphatic carbocycles. The van der Waals surface area contributed by atoms with Gasteiger partial charge in [-0.15, -0.1) is 0 Å². The number of hydrogen-bond acceptors (Lipinski definition) is 5. The largest absolute Gasteiger partial charge is 0.269 e. The maximum Gasteiger partial charge on any atom is 0.269 e. The van der Waals surface area contributed by atoms with Crippen LogP contribution in [0.3, 0.4) is 0 Å². The third kappa shape index (κ3) is 4.65. The predicted octanol–water partition coefficient (Wildman–Crippen LogP) is 4.06. The number of sulfonamides is 1. The third-order valence-electron chi connectivity index (χ3n) is 3.56. The lowest BCUT2D eigenvalue weighted by Gasteiger charge is -2.06. The van der Waals surface area contributed by atoms with E-state index in [-0.39, 0.29) is 16.4 Å². The van der Waals surface area contributed by atoms with E-state index in [9.17, 15) is 18.5 Å². The van der Waals surface area contributed by atoms with E-state index in [1.54, 1.807) is 23.0 Å². The van der Waals surface area contributed by atoms with E-state index in [0.717, 1.165) is 17.7 Å².